The molecule has 1 unspecified atom stereocenters. The van der Waals surface area contributed by atoms with Crippen molar-refractivity contribution in [2.75, 3.05) is 13.6 Å². The van der Waals surface area contributed by atoms with Crippen LogP contribution in [0.2, 0.25) is 0 Å². The van der Waals surface area contributed by atoms with E-state index in [-0.39, 0.29) is 23.0 Å². The van der Waals surface area contributed by atoms with E-state index in [1.807, 2.05) is 18.2 Å². The second kappa shape index (κ2) is 6.98. The third-order valence-electron chi connectivity index (χ3n) is 4.91. The van der Waals surface area contributed by atoms with E-state index in [0.29, 0.717) is 18.7 Å². The van der Waals surface area contributed by atoms with Crippen LogP contribution < -0.4 is 5.32 Å². The van der Waals surface area contributed by atoms with Crippen LogP contribution in [0.15, 0.2) is 40.8 Å². The number of hydrogen-bond donors (Lipinski definition) is 1. The van der Waals surface area contributed by atoms with Gasteiger partial charge in [0.25, 0.3) is 5.91 Å². The Labute approximate surface area is 154 Å². The lowest BCUT2D eigenvalue weighted by Crippen LogP contribution is -2.44. The fourth-order valence-corrected chi connectivity index (χ4v) is 3.33. The average Bonchev–Trinajstić information content (AvgIpc) is 3.29. The molecule has 1 fully saturated rings. The number of rotatable bonds is 3. The summed E-state index contributed by atoms with van der Waals surface area (Å²) in [5.41, 5.74) is 2.27. The molecular formula is C21H26N2O3. The van der Waals surface area contributed by atoms with E-state index in [2.05, 4.69) is 38.2 Å². The van der Waals surface area contributed by atoms with Gasteiger partial charge >= 0.3 is 0 Å². The van der Waals surface area contributed by atoms with E-state index in [1.54, 1.807) is 18.0 Å². The molecule has 2 amide bonds. The van der Waals surface area contributed by atoms with Crippen molar-refractivity contribution in [1.82, 2.24) is 10.2 Å². The molecule has 0 bridgehead atoms. The standard InChI is InChI=1S/C21H26N2O3/c1-21(2,3)15-9-7-14(8-10-15)17-11-12-18(26-17)20(25)23-13-5-6-16(23)19(24)22-4/h7-12,16H,5-6,13H2,1-4H3,(H,22,24). The van der Waals surface area contributed by atoms with Crippen molar-refractivity contribution in [2.45, 2.75) is 45.1 Å². The molecule has 5 nitrogen and oxygen atoms in total. The highest BCUT2D eigenvalue weighted by Crippen LogP contribution is 2.28. The van der Waals surface area contributed by atoms with Crippen molar-refractivity contribution in [1.29, 1.82) is 0 Å². The largest absolute Gasteiger partial charge is 0.451 e. The minimum atomic E-state index is -0.410. The first kappa shape index (κ1) is 18.2. The normalized spacial score (nSPS) is 17.4. The number of nitrogens with one attached hydrogen (secondary N) is 1. The number of benzene rings is 1. The van der Waals surface area contributed by atoms with Gasteiger partial charge in [-0.1, -0.05) is 45.0 Å². The van der Waals surface area contributed by atoms with Crippen LogP contribution in [0, 0.1) is 0 Å². The van der Waals surface area contributed by atoms with Gasteiger partial charge < -0.3 is 14.6 Å². The summed E-state index contributed by atoms with van der Waals surface area (Å²) >= 11 is 0. The number of nitrogens with zero attached hydrogens (tertiary/aromatic N) is 1. The van der Waals surface area contributed by atoms with Gasteiger partial charge in [-0.2, -0.15) is 0 Å². The zero-order valence-electron chi connectivity index (χ0n) is 15.8. The van der Waals surface area contributed by atoms with Gasteiger partial charge in [-0.15, -0.1) is 0 Å². The monoisotopic (exact) mass is 354 g/mol. The van der Waals surface area contributed by atoms with Crippen LogP contribution in [0.1, 0.15) is 49.7 Å². The second-order valence-electron chi connectivity index (χ2n) is 7.76. The molecule has 1 atom stereocenters. The van der Waals surface area contributed by atoms with Crippen LogP contribution >= 0.6 is 0 Å². The molecule has 1 aliphatic rings. The minimum Gasteiger partial charge on any atom is -0.451 e. The molecule has 0 radical (unpaired) electrons. The van der Waals surface area contributed by atoms with Crippen molar-refractivity contribution >= 4 is 11.8 Å². The van der Waals surface area contributed by atoms with Crippen LogP contribution in [0.3, 0.4) is 0 Å². The number of furan rings is 1. The van der Waals surface area contributed by atoms with E-state index in [0.717, 1.165) is 12.0 Å². The highest BCUT2D eigenvalue weighted by molar-refractivity contribution is 5.96. The maximum Gasteiger partial charge on any atom is 0.290 e. The fraction of sp³-hybridized carbons (Fsp3) is 0.429. The van der Waals surface area contributed by atoms with E-state index in [1.165, 1.54) is 5.56 Å². The molecule has 0 saturated carbocycles. The highest BCUT2D eigenvalue weighted by Gasteiger charge is 2.35. The summed E-state index contributed by atoms with van der Waals surface area (Å²) in [6, 6.07) is 11.3. The van der Waals surface area contributed by atoms with E-state index < -0.39 is 6.04 Å². The van der Waals surface area contributed by atoms with E-state index in [9.17, 15) is 9.59 Å². The van der Waals surface area contributed by atoms with Crippen LogP contribution in [-0.2, 0) is 10.2 Å². The Bertz CT molecular complexity index is 799. The lowest BCUT2D eigenvalue weighted by molar-refractivity contribution is -0.124. The maximum absolute atomic E-state index is 12.8. The first-order valence-electron chi connectivity index (χ1n) is 9.04. The molecule has 1 aromatic heterocycles. The molecule has 1 N–H and O–H groups in total. The lowest BCUT2D eigenvalue weighted by Gasteiger charge is -2.22. The van der Waals surface area contributed by atoms with Crippen molar-refractivity contribution in [2.24, 2.45) is 0 Å². The van der Waals surface area contributed by atoms with E-state index in [4.69, 9.17) is 4.42 Å². The van der Waals surface area contributed by atoms with Gasteiger partial charge in [0, 0.05) is 19.2 Å². The molecule has 1 aliphatic heterocycles. The summed E-state index contributed by atoms with van der Waals surface area (Å²) in [6.45, 7) is 7.09. The Kier molecular flexibility index (Phi) is 4.90. The third-order valence-corrected chi connectivity index (χ3v) is 4.91. The first-order valence-corrected chi connectivity index (χ1v) is 9.04. The van der Waals surface area contributed by atoms with Crippen LogP contribution in [0.25, 0.3) is 11.3 Å². The fourth-order valence-electron chi connectivity index (χ4n) is 3.33. The van der Waals surface area contributed by atoms with Crippen LogP contribution in [0.4, 0.5) is 0 Å². The van der Waals surface area contributed by atoms with Gasteiger partial charge in [0.15, 0.2) is 5.76 Å². The molecule has 138 valence electrons. The van der Waals surface area contributed by atoms with Crippen molar-refractivity contribution in [3.8, 4) is 11.3 Å². The number of carbonyl (C=O) groups is 2. The summed E-state index contributed by atoms with van der Waals surface area (Å²) in [5.74, 6) is 0.578. The highest BCUT2D eigenvalue weighted by atomic mass is 16.4. The lowest BCUT2D eigenvalue weighted by atomic mass is 9.86. The third kappa shape index (κ3) is 3.52. The van der Waals surface area contributed by atoms with E-state index >= 15 is 0 Å². The van der Waals surface area contributed by atoms with Crippen molar-refractivity contribution in [3.63, 3.8) is 0 Å². The summed E-state index contributed by atoms with van der Waals surface area (Å²) in [5, 5.41) is 2.63. The average molecular weight is 354 g/mol. The van der Waals surface area contributed by atoms with Crippen LogP contribution in [-0.4, -0.2) is 36.3 Å². The number of hydrogen-bond acceptors (Lipinski definition) is 3. The van der Waals surface area contributed by atoms with Gasteiger partial charge in [0.2, 0.25) is 5.91 Å². The van der Waals surface area contributed by atoms with Gasteiger partial charge in [-0.25, -0.2) is 0 Å². The SMILES string of the molecule is CNC(=O)C1CCCN1C(=O)c1ccc(-c2ccc(C(C)(C)C)cc2)o1. The molecule has 0 spiro atoms. The molecule has 2 aromatic rings. The Hall–Kier alpha value is -2.56. The molecule has 1 saturated heterocycles. The minimum absolute atomic E-state index is 0.0907. The smallest absolute Gasteiger partial charge is 0.290 e. The Morgan fingerprint density at radius 3 is 2.42 bits per heavy atom. The Morgan fingerprint density at radius 1 is 1.12 bits per heavy atom. The molecular weight excluding hydrogens is 328 g/mol. The molecule has 26 heavy (non-hydrogen) atoms. The molecule has 5 heteroatoms. The number of likely N-dealkylation sites (tertiary alicyclic amines) is 1. The first-order chi connectivity index (χ1) is 12.3. The van der Waals surface area contributed by atoms with Crippen LogP contribution in [0.5, 0.6) is 0 Å². The predicted molar refractivity (Wildman–Crippen MR) is 101 cm³/mol. The summed E-state index contributed by atoms with van der Waals surface area (Å²) in [6.07, 6.45) is 1.51. The maximum atomic E-state index is 12.8. The number of carbonyl (C=O) groups excluding carboxylic acids is 2. The molecule has 3 rings (SSSR count). The second-order valence-corrected chi connectivity index (χ2v) is 7.76. The van der Waals surface area contributed by atoms with Gasteiger partial charge in [-0.05, 0) is 36.0 Å². The predicted octanol–water partition coefficient (Wildman–Crippen LogP) is 3.59. The van der Waals surface area contributed by atoms with Crippen molar-refractivity contribution in [3.05, 3.63) is 47.7 Å². The molecule has 1 aromatic carbocycles. The van der Waals surface area contributed by atoms with Gasteiger partial charge in [0.05, 0.1) is 0 Å². The number of likely N-dealkylation sites (N-methyl/N-ethyl adjacent to an activating group) is 1. The summed E-state index contributed by atoms with van der Waals surface area (Å²) < 4.78 is 5.81. The molecule has 0 aliphatic carbocycles. The quantitative estimate of drug-likeness (QED) is 0.916. The Morgan fingerprint density at radius 2 is 1.81 bits per heavy atom. The topological polar surface area (TPSA) is 62.6 Å². The summed E-state index contributed by atoms with van der Waals surface area (Å²) in [4.78, 5) is 26.3. The number of amides is 2. The zero-order valence-corrected chi connectivity index (χ0v) is 15.8. The summed E-state index contributed by atoms with van der Waals surface area (Å²) in [7, 11) is 1.59. The van der Waals surface area contributed by atoms with Gasteiger partial charge in [-0.3, -0.25) is 9.59 Å². The Balaban J connectivity index is 1.79. The van der Waals surface area contributed by atoms with Crippen molar-refractivity contribution < 1.29 is 14.0 Å². The van der Waals surface area contributed by atoms with Gasteiger partial charge in [0.1, 0.15) is 11.8 Å². The molecule has 2 heterocycles. The zero-order chi connectivity index (χ0) is 18.9.